The second kappa shape index (κ2) is 6.02. The molecule has 0 aromatic heterocycles. The van der Waals surface area contributed by atoms with E-state index in [2.05, 4.69) is 17.3 Å². The molecule has 1 unspecified atom stereocenters. The summed E-state index contributed by atoms with van der Waals surface area (Å²) in [4.78, 5) is 14.2. The van der Waals surface area contributed by atoms with Crippen LogP contribution < -0.4 is 11.1 Å². The monoisotopic (exact) mass is 265 g/mol. The summed E-state index contributed by atoms with van der Waals surface area (Å²) in [6.07, 6.45) is 2.29. The number of carbonyl (C=O) groups is 1. The predicted molar refractivity (Wildman–Crippen MR) is 73.4 cm³/mol. The summed E-state index contributed by atoms with van der Waals surface area (Å²) in [7, 11) is 2.09. The van der Waals surface area contributed by atoms with Crippen LogP contribution in [0.4, 0.5) is 10.1 Å². The highest BCUT2D eigenvalue weighted by Crippen LogP contribution is 2.15. The van der Waals surface area contributed by atoms with Crippen molar-refractivity contribution in [2.75, 3.05) is 32.4 Å². The number of amides is 1. The number of rotatable bonds is 3. The van der Waals surface area contributed by atoms with Crippen LogP contribution in [0, 0.1) is 11.7 Å². The lowest BCUT2D eigenvalue weighted by molar-refractivity contribution is 0.0936. The molecule has 0 radical (unpaired) electrons. The van der Waals surface area contributed by atoms with E-state index in [-0.39, 0.29) is 11.6 Å². The van der Waals surface area contributed by atoms with Gasteiger partial charge in [0.2, 0.25) is 0 Å². The highest BCUT2D eigenvalue weighted by molar-refractivity contribution is 5.94. The number of nitrogens with zero attached hydrogens (tertiary/aromatic N) is 1. The summed E-state index contributed by atoms with van der Waals surface area (Å²) >= 11 is 0. The maximum absolute atomic E-state index is 13.3. The molecule has 4 nitrogen and oxygen atoms in total. The van der Waals surface area contributed by atoms with Crippen molar-refractivity contribution in [3.05, 3.63) is 29.6 Å². The molecular weight excluding hydrogens is 245 g/mol. The van der Waals surface area contributed by atoms with E-state index in [9.17, 15) is 9.18 Å². The fourth-order valence-corrected chi connectivity index (χ4v) is 2.45. The zero-order chi connectivity index (χ0) is 13.8. The van der Waals surface area contributed by atoms with E-state index < -0.39 is 5.82 Å². The largest absolute Gasteiger partial charge is 0.396 e. The molecule has 1 heterocycles. The minimum atomic E-state index is -0.551. The molecule has 0 aliphatic carbocycles. The summed E-state index contributed by atoms with van der Waals surface area (Å²) in [5, 5.41) is 2.86. The number of piperidine rings is 1. The summed E-state index contributed by atoms with van der Waals surface area (Å²) in [6, 6.07) is 4.14. The molecular formula is C14H20FN3O. The van der Waals surface area contributed by atoms with Gasteiger partial charge >= 0.3 is 0 Å². The Morgan fingerprint density at radius 2 is 2.37 bits per heavy atom. The van der Waals surface area contributed by atoms with Crippen LogP contribution in [0.15, 0.2) is 18.2 Å². The first kappa shape index (κ1) is 13.8. The number of carbonyl (C=O) groups excluding carboxylic acids is 1. The SMILES string of the molecule is CN1CCCC(CNC(=O)c2ccc(N)c(F)c2)C1. The van der Waals surface area contributed by atoms with Crippen molar-refractivity contribution in [2.24, 2.45) is 5.92 Å². The molecule has 2 rings (SSSR count). The van der Waals surface area contributed by atoms with Crippen LogP contribution in [-0.2, 0) is 0 Å². The topological polar surface area (TPSA) is 58.4 Å². The average Bonchev–Trinajstić information content (AvgIpc) is 2.39. The Labute approximate surface area is 112 Å². The Morgan fingerprint density at radius 3 is 3.05 bits per heavy atom. The molecule has 19 heavy (non-hydrogen) atoms. The predicted octanol–water partition coefficient (Wildman–Crippen LogP) is 1.48. The van der Waals surface area contributed by atoms with Gasteiger partial charge in [0, 0.05) is 18.7 Å². The number of hydrogen-bond acceptors (Lipinski definition) is 3. The molecule has 1 fully saturated rings. The molecule has 0 saturated carbocycles. The van der Waals surface area contributed by atoms with Crippen molar-refractivity contribution < 1.29 is 9.18 Å². The first-order valence-corrected chi connectivity index (χ1v) is 6.58. The number of halogens is 1. The standard InChI is InChI=1S/C14H20FN3O/c1-18-6-2-3-10(9-18)8-17-14(19)11-4-5-13(16)12(15)7-11/h4-5,7,10H,2-3,6,8-9,16H2,1H3,(H,17,19). The van der Waals surface area contributed by atoms with E-state index in [0.29, 0.717) is 18.0 Å². The fourth-order valence-electron chi connectivity index (χ4n) is 2.45. The zero-order valence-electron chi connectivity index (χ0n) is 11.2. The normalized spacial score (nSPS) is 20.2. The molecule has 3 N–H and O–H groups in total. The van der Waals surface area contributed by atoms with Gasteiger partial charge < -0.3 is 16.0 Å². The van der Waals surface area contributed by atoms with Gasteiger partial charge in [-0.25, -0.2) is 4.39 Å². The van der Waals surface area contributed by atoms with Crippen LogP contribution in [0.25, 0.3) is 0 Å². The Kier molecular flexibility index (Phi) is 4.37. The van der Waals surface area contributed by atoms with E-state index >= 15 is 0 Å². The Bertz CT molecular complexity index is 464. The maximum atomic E-state index is 13.3. The molecule has 0 spiro atoms. The molecule has 1 atom stereocenters. The van der Waals surface area contributed by atoms with Gasteiger partial charge in [0.1, 0.15) is 5.82 Å². The quantitative estimate of drug-likeness (QED) is 0.814. The third-order valence-corrected chi connectivity index (χ3v) is 3.54. The Morgan fingerprint density at radius 1 is 1.58 bits per heavy atom. The van der Waals surface area contributed by atoms with Gasteiger partial charge in [0.25, 0.3) is 5.91 Å². The Hall–Kier alpha value is -1.62. The van der Waals surface area contributed by atoms with E-state index in [1.165, 1.54) is 12.1 Å². The van der Waals surface area contributed by atoms with E-state index in [1.54, 1.807) is 6.07 Å². The van der Waals surface area contributed by atoms with Gasteiger partial charge in [-0.1, -0.05) is 0 Å². The number of anilines is 1. The van der Waals surface area contributed by atoms with Crippen molar-refractivity contribution in [2.45, 2.75) is 12.8 Å². The lowest BCUT2D eigenvalue weighted by Gasteiger charge is -2.29. The molecule has 5 heteroatoms. The minimum absolute atomic E-state index is 0.0606. The lowest BCUT2D eigenvalue weighted by Crippen LogP contribution is -2.39. The van der Waals surface area contributed by atoms with Crippen LogP contribution in [0.1, 0.15) is 23.2 Å². The smallest absolute Gasteiger partial charge is 0.251 e. The summed E-state index contributed by atoms with van der Waals surface area (Å²) in [6.45, 7) is 2.75. The number of hydrogen-bond donors (Lipinski definition) is 2. The van der Waals surface area contributed by atoms with Gasteiger partial charge in [-0.05, 0) is 50.6 Å². The number of nitrogens with one attached hydrogen (secondary N) is 1. The van der Waals surface area contributed by atoms with Crippen LogP contribution >= 0.6 is 0 Å². The third-order valence-electron chi connectivity index (χ3n) is 3.54. The van der Waals surface area contributed by atoms with Crippen molar-refractivity contribution in [3.63, 3.8) is 0 Å². The average molecular weight is 265 g/mol. The molecule has 104 valence electrons. The van der Waals surface area contributed by atoms with Crippen molar-refractivity contribution in [1.29, 1.82) is 0 Å². The van der Waals surface area contributed by atoms with Gasteiger partial charge in [-0.3, -0.25) is 4.79 Å². The van der Waals surface area contributed by atoms with E-state index in [0.717, 1.165) is 25.9 Å². The van der Waals surface area contributed by atoms with E-state index in [1.807, 2.05) is 0 Å². The van der Waals surface area contributed by atoms with Crippen LogP contribution in [0.5, 0.6) is 0 Å². The number of nitrogens with two attached hydrogens (primary N) is 1. The Balaban J connectivity index is 1.88. The second-order valence-corrected chi connectivity index (χ2v) is 5.22. The highest BCUT2D eigenvalue weighted by Gasteiger charge is 2.18. The minimum Gasteiger partial charge on any atom is -0.396 e. The van der Waals surface area contributed by atoms with Crippen molar-refractivity contribution in [3.8, 4) is 0 Å². The molecule has 1 aromatic rings. The van der Waals surface area contributed by atoms with Crippen molar-refractivity contribution in [1.82, 2.24) is 10.2 Å². The van der Waals surface area contributed by atoms with E-state index in [4.69, 9.17) is 5.73 Å². The number of benzene rings is 1. The van der Waals surface area contributed by atoms with Gasteiger partial charge in [-0.15, -0.1) is 0 Å². The zero-order valence-corrected chi connectivity index (χ0v) is 11.2. The lowest BCUT2D eigenvalue weighted by atomic mass is 9.98. The fraction of sp³-hybridized carbons (Fsp3) is 0.500. The summed E-state index contributed by atoms with van der Waals surface area (Å²) in [5.74, 6) is -0.321. The van der Waals surface area contributed by atoms with Crippen molar-refractivity contribution >= 4 is 11.6 Å². The summed E-state index contributed by atoms with van der Waals surface area (Å²) < 4.78 is 13.3. The number of likely N-dealkylation sites (tertiary alicyclic amines) is 1. The maximum Gasteiger partial charge on any atom is 0.251 e. The second-order valence-electron chi connectivity index (χ2n) is 5.22. The summed E-state index contributed by atoms with van der Waals surface area (Å²) in [5.41, 5.74) is 5.76. The van der Waals surface area contributed by atoms with Crippen LogP contribution in [-0.4, -0.2) is 37.5 Å². The molecule has 1 saturated heterocycles. The molecule has 1 amide bonds. The number of nitrogen functional groups attached to an aromatic ring is 1. The van der Waals surface area contributed by atoms with Crippen LogP contribution in [0.3, 0.4) is 0 Å². The molecule has 1 aliphatic rings. The molecule has 0 bridgehead atoms. The molecule has 1 aliphatic heterocycles. The molecule has 1 aromatic carbocycles. The van der Waals surface area contributed by atoms with Gasteiger partial charge in [0.15, 0.2) is 0 Å². The van der Waals surface area contributed by atoms with Gasteiger partial charge in [-0.2, -0.15) is 0 Å². The van der Waals surface area contributed by atoms with Crippen LogP contribution in [0.2, 0.25) is 0 Å². The highest BCUT2D eigenvalue weighted by atomic mass is 19.1. The third kappa shape index (κ3) is 3.67. The first-order chi connectivity index (χ1) is 9.06. The van der Waals surface area contributed by atoms with Gasteiger partial charge in [0.05, 0.1) is 5.69 Å². The first-order valence-electron chi connectivity index (χ1n) is 6.58.